The molecule has 0 atom stereocenters. The third kappa shape index (κ3) is 3.84. The smallest absolute Gasteiger partial charge is 0.323 e. The van der Waals surface area contributed by atoms with Crippen molar-refractivity contribution in [2.45, 2.75) is 20.4 Å². The van der Waals surface area contributed by atoms with Gasteiger partial charge in [0.2, 0.25) is 11.9 Å². The standard InChI is InChI=1S/C12H17N5O2/c1-3-13-10-15-11(17-12(16-10)18-4-2)14-8-9-6-5-7-19-9/h5-7H,3-4,8H2,1-2H3,(H2,13,14,15,16,17). The molecule has 2 aromatic heterocycles. The molecule has 2 rings (SSSR count). The van der Waals surface area contributed by atoms with Crippen molar-refractivity contribution in [3.05, 3.63) is 24.2 Å². The number of anilines is 2. The molecular weight excluding hydrogens is 246 g/mol. The van der Waals surface area contributed by atoms with E-state index in [-0.39, 0.29) is 0 Å². The first-order valence-electron chi connectivity index (χ1n) is 6.20. The zero-order valence-corrected chi connectivity index (χ0v) is 11.0. The molecule has 0 radical (unpaired) electrons. The summed E-state index contributed by atoms with van der Waals surface area (Å²) in [5.41, 5.74) is 0. The Hall–Kier alpha value is -2.31. The largest absolute Gasteiger partial charge is 0.467 e. The average molecular weight is 263 g/mol. The van der Waals surface area contributed by atoms with Crippen LogP contribution in [-0.2, 0) is 6.54 Å². The predicted octanol–water partition coefficient (Wildman–Crippen LogP) is 1.91. The molecule has 7 nitrogen and oxygen atoms in total. The van der Waals surface area contributed by atoms with Crippen molar-refractivity contribution in [3.63, 3.8) is 0 Å². The Morgan fingerprint density at radius 1 is 1.16 bits per heavy atom. The van der Waals surface area contributed by atoms with Crippen LogP contribution >= 0.6 is 0 Å². The molecule has 0 bridgehead atoms. The minimum atomic E-state index is 0.301. The Balaban J connectivity index is 2.08. The first-order valence-corrected chi connectivity index (χ1v) is 6.20. The minimum absolute atomic E-state index is 0.301. The molecule has 0 saturated carbocycles. The molecule has 0 amide bonds. The molecular formula is C12H17N5O2. The summed E-state index contributed by atoms with van der Waals surface area (Å²) in [7, 11) is 0. The van der Waals surface area contributed by atoms with E-state index in [2.05, 4.69) is 25.6 Å². The Kier molecular flexibility index (Phi) is 4.54. The quantitative estimate of drug-likeness (QED) is 0.789. The summed E-state index contributed by atoms with van der Waals surface area (Å²) >= 11 is 0. The molecule has 0 aliphatic rings. The number of hydrogen-bond acceptors (Lipinski definition) is 7. The van der Waals surface area contributed by atoms with E-state index in [9.17, 15) is 0 Å². The van der Waals surface area contributed by atoms with Crippen LogP contribution in [0.5, 0.6) is 6.01 Å². The summed E-state index contributed by atoms with van der Waals surface area (Å²) in [6.45, 7) is 5.60. The van der Waals surface area contributed by atoms with E-state index in [1.807, 2.05) is 26.0 Å². The molecule has 0 spiro atoms. The van der Waals surface area contributed by atoms with Gasteiger partial charge in [-0.2, -0.15) is 15.0 Å². The maximum Gasteiger partial charge on any atom is 0.323 e. The topological polar surface area (TPSA) is 85.1 Å². The Labute approximate surface area is 111 Å². The van der Waals surface area contributed by atoms with Crippen molar-refractivity contribution >= 4 is 11.9 Å². The second kappa shape index (κ2) is 6.58. The van der Waals surface area contributed by atoms with E-state index in [1.54, 1.807) is 6.26 Å². The summed E-state index contributed by atoms with van der Waals surface area (Å²) in [6, 6.07) is 4.01. The molecule has 0 unspecified atom stereocenters. The van der Waals surface area contributed by atoms with Gasteiger partial charge in [-0.05, 0) is 26.0 Å². The van der Waals surface area contributed by atoms with E-state index in [0.29, 0.717) is 31.1 Å². The lowest BCUT2D eigenvalue weighted by molar-refractivity contribution is 0.312. The Bertz CT molecular complexity index is 477. The minimum Gasteiger partial charge on any atom is -0.467 e. The van der Waals surface area contributed by atoms with Crippen molar-refractivity contribution in [1.82, 2.24) is 15.0 Å². The Morgan fingerprint density at radius 3 is 2.58 bits per heavy atom. The normalized spacial score (nSPS) is 10.2. The van der Waals surface area contributed by atoms with Gasteiger partial charge in [0.25, 0.3) is 0 Å². The molecule has 102 valence electrons. The fraction of sp³-hybridized carbons (Fsp3) is 0.417. The van der Waals surface area contributed by atoms with Crippen molar-refractivity contribution in [3.8, 4) is 6.01 Å². The van der Waals surface area contributed by atoms with Crippen molar-refractivity contribution < 1.29 is 9.15 Å². The Morgan fingerprint density at radius 2 is 1.95 bits per heavy atom. The van der Waals surface area contributed by atoms with E-state index < -0.39 is 0 Å². The molecule has 7 heteroatoms. The van der Waals surface area contributed by atoms with Crippen molar-refractivity contribution in [1.29, 1.82) is 0 Å². The summed E-state index contributed by atoms with van der Waals surface area (Å²) in [5, 5.41) is 6.10. The van der Waals surface area contributed by atoms with Gasteiger partial charge < -0.3 is 19.8 Å². The van der Waals surface area contributed by atoms with Crippen LogP contribution in [0.4, 0.5) is 11.9 Å². The summed E-state index contributed by atoms with van der Waals surface area (Å²) in [6.07, 6.45) is 1.63. The summed E-state index contributed by atoms with van der Waals surface area (Å²) in [5.74, 6) is 1.75. The van der Waals surface area contributed by atoms with Gasteiger partial charge in [0.1, 0.15) is 5.76 Å². The van der Waals surface area contributed by atoms with Gasteiger partial charge >= 0.3 is 6.01 Å². The number of hydrogen-bond donors (Lipinski definition) is 2. The van der Waals surface area contributed by atoms with Gasteiger partial charge in [-0.25, -0.2) is 0 Å². The highest BCUT2D eigenvalue weighted by Crippen LogP contribution is 2.12. The van der Waals surface area contributed by atoms with Crippen LogP contribution in [-0.4, -0.2) is 28.1 Å². The predicted molar refractivity (Wildman–Crippen MR) is 71.2 cm³/mol. The molecule has 0 saturated heterocycles. The molecule has 0 aliphatic heterocycles. The number of aromatic nitrogens is 3. The first kappa shape index (κ1) is 13.1. The fourth-order valence-electron chi connectivity index (χ4n) is 1.45. The SMILES string of the molecule is CCNc1nc(NCc2ccco2)nc(OCC)n1. The molecule has 19 heavy (non-hydrogen) atoms. The third-order valence-electron chi connectivity index (χ3n) is 2.22. The van der Waals surface area contributed by atoms with Gasteiger partial charge in [0, 0.05) is 6.54 Å². The molecule has 2 N–H and O–H groups in total. The molecule has 0 fully saturated rings. The van der Waals surface area contributed by atoms with Gasteiger partial charge in [0.15, 0.2) is 0 Å². The van der Waals surface area contributed by atoms with E-state index in [0.717, 1.165) is 12.3 Å². The van der Waals surface area contributed by atoms with E-state index in [1.165, 1.54) is 0 Å². The number of nitrogens with one attached hydrogen (secondary N) is 2. The maximum absolute atomic E-state index is 5.30. The van der Waals surface area contributed by atoms with Crippen molar-refractivity contribution in [2.75, 3.05) is 23.8 Å². The van der Waals surface area contributed by atoms with Crippen LogP contribution in [0.3, 0.4) is 0 Å². The van der Waals surface area contributed by atoms with Crippen LogP contribution < -0.4 is 15.4 Å². The van der Waals surface area contributed by atoms with Crippen molar-refractivity contribution in [2.24, 2.45) is 0 Å². The summed E-state index contributed by atoms with van der Waals surface area (Å²) < 4.78 is 10.5. The van der Waals surface area contributed by atoms with Crippen LogP contribution in [0, 0.1) is 0 Å². The van der Waals surface area contributed by atoms with Gasteiger partial charge in [-0.3, -0.25) is 0 Å². The van der Waals surface area contributed by atoms with Crippen LogP contribution in [0.1, 0.15) is 19.6 Å². The number of ether oxygens (including phenoxy) is 1. The number of rotatable bonds is 7. The zero-order valence-electron chi connectivity index (χ0n) is 11.0. The highest BCUT2D eigenvalue weighted by Gasteiger charge is 2.07. The lowest BCUT2D eigenvalue weighted by atomic mass is 10.4. The van der Waals surface area contributed by atoms with Gasteiger partial charge in [0.05, 0.1) is 19.4 Å². The maximum atomic E-state index is 5.30. The first-order chi connectivity index (χ1) is 9.31. The van der Waals surface area contributed by atoms with E-state index >= 15 is 0 Å². The number of furan rings is 1. The molecule has 0 aromatic carbocycles. The second-order valence-electron chi connectivity index (χ2n) is 3.66. The summed E-state index contributed by atoms with van der Waals surface area (Å²) in [4.78, 5) is 12.5. The second-order valence-corrected chi connectivity index (χ2v) is 3.66. The molecule has 2 aromatic rings. The van der Waals surface area contributed by atoms with Crippen LogP contribution in [0.15, 0.2) is 22.8 Å². The highest BCUT2D eigenvalue weighted by atomic mass is 16.5. The van der Waals surface area contributed by atoms with Crippen LogP contribution in [0.2, 0.25) is 0 Å². The average Bonchev–Trinajstić information content (AvgIpc) is 2.90. The third-order valence-corrected chi connectivity index (χ3v) is 2.22. The molecule has 2 heterocycles. The number of nitrogens with zero attached hydrogens (tertiary/aromatic N) is 3. The fourth-order valence-corrected chi connectivity index (χ4v) is 1.45. The van der Waals surface area contributed by atoms with E-state index in [4.69, 9.17) is 9.15 Å². The highest BCUT2D eigenvalue weighted by molar-refractivity contribution is 5.36. The van der Waals surface area contributed by atoms with Gasteiger partial charge in [-0.15, -0.1) is 0 Å². The monoisotopic (exact) mass is 263 g/mol. The zero-order chi connectivity index (χ0) is 13.5. The van der Waals surface area contributed by atoms with Crippen LogP contribution in [0.25, 0.3) is 0 Å². The lowest BCUT2D eigenvalue weighted by Gasteiger charge is -2.08. The lowest BCUT2D eigenvalue weighted by Crippen LogP contribution is -2.10. The van der Waals surface area contributed by atoms with Gasteiger partial charge in [-0.1, -0.05) is 0 Å². The molecule has 0 aliphatic carbocycles.